The Morgan fingerprint density at radius 3 is 2.64 bits per heavy atom. The number of amides is 2. The van der Waals surface area contributed by atoms with Crippen molar-refractivity contribution in [2.45, 2.75) is 32.0 Å². The fourth-order valence-electron chi connectivity index (χ4n) is 2.69. The Labute approximate surface area is 186 Å². The largest absolute Gasteiger partial charge is 0.477 e. The van der Waals surface area contributed by atoms with Crippen LogP contribution in [0, 0.1) is 11.3 Å². The number of nitriles is 1. The number of nitrogen functional groups attached to an aromatic ring is 1. The van der Waals surface area contributed by atoms with Gasteiger partial charge < -0.3 is 21.1 Å². The molecule has 0 radical (unpaired) electrons. The van der Waals surface area contributed by atoms with Crippen molar-refractivity contribution in [2.24, 2.45) is 5.84 Å². The second kappa shape index (κ2) is 11.0. The molecule has 2 aromatic rings. The lowest BCUT2D eigenvalue weighted by molar-refractivity contribution is -0.137. The number of ether oxygens (including phenoxy) is 1. The maximum absolute atomic E-state index is 13.0. The Hall–Kier alpha value is -4.12. The molecule has 14 heteroatoms. The highest BCUT2D eigenvalue weighted by Crippen LogP contribution is 2.31. The summed E-state index contributed by atoms with van der Waals surface area (Å²) in [5, 5.41) is 14.5. The smallest absolute Gasteiger partial charge is 0.416 e. The summed E-state index contributed by atoms with van der Waals surface area (Å²) in [6.07, 6.45) is -4.97. The fourth-order valence-corrected chi connectivity index (χ4v) is 2.69. The molecular formula is C19H21F3N8O3. The molecular weight excluding hydrogens is 445 g/mol. The molecule has 2 amide bonds. The van der Waals surface area contributed by atoms with E-state index in [-0.39, 0.29) is 48.3 Å². The second-order valence-electron chi connectivity index (χ2n) is 6.53. The number of halogens is 3. The SMILES string of the molecule is CCOc1nc(N)nc(NC(CCC(=O)NN)C(=O)Nc2cccc(C(F)(F)F)c2)c1C#N. The lowest BCUT2D eigenvalue weighted by Gasteiger charge is -2.20. The summed E-state index contributed by atoms with van der Waals surface area (Å²) in [6.45, 7) is 1.82. The van der Waals surface area contributed by atoms with E-state index in [4.69, 9.17) is 16.3 Å². The van der Waals surface area contributed by atoms with Gasteiger partial charge in [-0.2, -0.15) is 28.4 Å². The highest BCUT2D eigenvalue weighted by molar-refractivity contribution is 5.97. The fraction of sp³-hybridized carbons (Fsp3) is 0.316. The average molecular weight is 466 g/mol. The number of hydrogen-bond acceptors (Lipinski definition) is 9. The molecule has 0 aliphatic carbocycles. The zero-order valence-electron chi connectivity index (χ0n) is 17.4. The van der Waals surface area contributed by atoms with E-state index in [1.807, 2.05) is 11.5 Å². The van der Waals surface area contributed by atoms with Crippen LogP contribution in [0.4, 0.5) is 30.6 Å². The van der Waals surface area contributed by atoms with Crippen molar-refractivity contribution in [1.29, 1.82) is 5.26 Å². The van der Waals surface area contributed by atoms with Gasteiger partial charge in [0.1, 0.15) is 12.1 Å². The van der Waals surface area contributed by atoms with Gasteiger partial charge in [0.2, 0.25) is 23.6 Å². The first-order valence-electron chi connectivity index (χ1n) is 9.53. The molecule has 0 bridgehead atoms. The first-order valence-corrected chi connectivity index (χ1v) is 9.53. The first-order chi connectivity index (χ1) is 15.6. The zero-order valence-corrected chi connectivity index (χ0v) is 17.4. The summed E-state index contributed by atoms with van der Waals surface area (Å²) in [7, 11) is 0. The molecule has 1 unspecified atom stereocenters. The Morgan fingerprint density at radius 1 is 1.30 bits per heavy atom. The van der Waals surface area contributed by atoms with Crippen LogP contribution >= 0.6 is 0 Å². The number of rotatable bonds is 9. The van der Waals surface area contributed by atoms with E-state index in [9.17, 15) is 28.0 Å². The summed E-state index contributed by atoms with van der Waals surface area (Å²) in [6, 6.07) is 4.66. The molecule has 0 saturated heterocycles. The summed E-state index contributed by atoms with van der Waals surface area (Å²) in [5.41, 5.74) is 6.34. The van der Waals surface area contributed by atoms with Crippen molar-refractivity contribution in [2.75, 3.05) is 23.0 Å². The molecule has 1 aromatic carbocycles. The standard InChI is InChI=1S/C19H21F3N8O3/c1-2-33-17-12(9-23)15(28-18(24)29-17)27-13(6-7-14(31)30-25)16(32)26-11-5-3-4-10(8-11)19(20,21)22/h3-5,8,13H,2,6-7,25H2,1H3,(H,26,32)(H,30,31)(H3,24,27,28,29). The molecule has 0 aliphatic rings. The topological polar surface area (TPSA) is 181 Å². The molecule has 1 aromatic heterocycles. The number of alkyl halides is 3. The van der Waals surface area contributed by atoms with Crippen molar-refractivity contribution in [3.8, 4) is 11.9 Å². The maximum Gasteiger partial charge on any atom is 0.416 e. The number of aromatic nitrogens is 2. The Bertz CT molecular complexity index is 1060. The minimum atomic E-state index is -4.60. The molecule has 7 N–H and O–H groups in total. The second-order valence-corrected chi connectivity index (χ2v) is 6.53. The van der Waals surface area contributed by atoms with E-state index < -0.39 is 29.6 Å². The first kappa shape index (κ1) is 25.1. The van der Waals surface area contributed by atoms with Crippen molar-refractivity contribution in [3.63, 3.8) is 0 Å². The number of carbonyl (C=O) groups is 2. The number of benzene rings is 1. The van der Waals surface area contributed by atoms with Gasteiger partial charge in [-0.25, -0.2) is 5.84 Å². The Kier molecular flexibility index (Phi) is 8.35. The van der Waals surface area contributed by atoms with Gasteiger partial charge in [-0.15, -0.1) is 0 Å². The van der Waals surface area contributed by atoms with Crippen LogP contribution in [0.1, 0.15) is 30.9 Å². The zero-order chi connectivity index (χ0) is 24.6. The van der Waals surface area contributed by atoms with Crippen LogP contribution in [0.5, 0.6) is 5.88 Å². The number of carbonyl (C=O) groups excluding carboxylic acids is 2. The van der Waals surface area contributed by atoms with Crippen molar-refractivity contribution in [1.82, 2.24) is 15.4 Å². The van der Waals surface area contributed by atoms with E-state index in [2.05, 4.69) is 20.6 Å². The van der Waals surface area contributed by atoms with E-state index in [1.54, 1.807) is 6.92 Å². The molecule has 0 spiro atoms. The monoisotopic (exact) mass is 466 g/mol. The summed E-state index contributed by atoms with van der Waals surface area (Å²) < 4.78 is 44.2. The third-order valence-electron chi connectivity index (χ3n) is 4.19. The predicted molar refractivity (Wildman–Crippen MR) is 111 cm³/mol. The molecule has 176 valence electrons. The van der Waals surface area contributed by atoms with Crippen LogP contribution in [0.3, 0.4) is 0 Å². The highest BCUT2D eigenvalue weighted by Gasteiger charge is 2.31. The minimum absolute atomic E-state index is 0.119. The number of nitrogens with two attached hydrogens (primary N) is 2. The van der Waals surface area contributed by atoms with Gasteiger partial charge in [0.15, 0.2) is 11.4 Å². The van der Waals surface area contributed by atoms with Gasteiger partial charge in [-0.05, 0) is 31.5 Å². The quantitative estimate of drug-likeness (QED) is 0.208. The Morgan fingerprint density at radius 2 is 2.03 bits per heavy atom. The summed E-state index contributed by atoms with van der Waals surface area (Å²) >= 11 is 0. The van der Waals surface area contributed by atoms with Crippen molar-refractivity contribution < 1.29 is 27.5 Å². The minimum Gasteiger partial charge on any atom is -0.477 e. The van der Waals surface area contributed by atoms with Crippen LogP contribution in [-0.2, 0) is 15.8 Å². The average Bonchev–Trinajstić information content (AvgIpc) is 2.76. The van der Waals surface area contributed by atoms with Gasteiger partial charge in [0, 0.05) is 12.1 Å². The number of hydrazine groups is 1. The van der Waals surface area contributed by atoms with E-state index in [0.29, 0.717) is 0 Å². The molecule has 11 nitrogen and oxygen atoms in total. The van der Waals surface area contributed by atoms with Crippen molar-refractivity contribution >= 4 is 29.3 Å². The molecule has 0 aliphatic heterocycles. The van der Waals surface area contributed by atoms with E-state index in [0.717, 1.165) is 18.2 Å². The third kappa shape index (κ3) is 6.94. The lowest BCUT2D eigenvalue weighted by atomic mass is 10.1. The van der Waals surface area contributed by atoms with E-state index >= 15 is 0 Å². The molecule has 1 atom stereocenters. The number of nitrogens with zero attached hydrogens (tertiary/aromatic N) is 3. The van der Waals surface area contributed by atoms with Crippen LogP contribution in [-0.4, -0.2) is 34.4 Å². The van der Waals surface area contributed by atoms with Crippen molar-refractivity contribution in [3.05, 3.63) is 35.4 Å². The van der Waals surface area contributed by atoms with Gasteiger partial charge >= 0.3 is 6.18 Å². The number of nitrogens with one attached hydrogen (secondary N) is 3. The highest BCUT2D eigenvalue weighted by atomic mass is 19.4. The third-order valence-corrected chi connectivity index (χ3v) is 4.19. The summed E-state index contributed by atoms with van der Waals surface area (Å²) in [5.74, 6) is 3.16. The van der Waals surface area contributed by atoms with Gasteiger partial charge in [-0.3, -0.25) is 15.0 Å². The van der Waals surface area contributed by atoms with Crippen LogP contribution in [0.2, 0.25) is 0 Å². The molecule has 0 saturated carbocycles. The Balaban J connectivity index is 2.35. The number of anilines is 3. The van der Waals surface area contributed by atoms with Gasteiger partial charge in [0.05, 0.1) is 12.2 Å². The predicted octanol–water partition coefficient (Wildman–Crippen LogP) is 1.54. The lowest BCUT2D eigenvalue weighted by Crippen LogP contribution is -2.38. The number of hydrogen-bond donors (Lipinski definition) is 5. The molecule has 1 heterocycles. The van der Waals surface area contributed by atoms with E-state index in [1.165, 1.54) is 6.07 Å². The van der Waals surface area contributed by atoms with Crippen LogP contribution in [0.25, 0.3) is 0 Å². The van der Waals surface area contributed by atoms with Crippen LogP contribution < -0.4 is 32.4 Å². The maximum atomic E-state index is 13.0. The molecule has 2 rings (SSSR count). The van der Waals surface area contributed by atoms with Gasteiger partial charge in [0.25, 0.3) is 0 Å². The normalized spacial score (nSPS) is 11.8. The molecule has 33 heavy (non-hydrogen) atoms. The van der Waals surface area contributed by atoms with Gasteiger partial charge in [-0.1, -0.05) is 6.07 Å². The summed E-state index contributed by atoms with van der Waals surface area (Å²) in [4.78, 5) is 32.2. The van der Waals surface area contributed by atoms with Crippen LogP contribution in [0.15, 0.2) is 24.3 Å². The molecule has 0 fully saturated rings.